The molecule has 37 heavy (non-hydrogen) atoms. The van der Waals surface area contributed by atoms with E-state index in [9.17, 15) is 18.0 Å². The summed E-state index contributed by atoms with van der Waals surface area (Å²) in [6, 6.07) is 8.41. The van der Waals surface area contributed by atoms with Gasteiger partial charge in [0.25, 0.3) is 0 Å². The lowest BCUT2D eigenvalue weighted by Gasteiger charge is -2.32. The standard InChI is InChI=1S/C25H33Cl2N3O6S/c1-7-16(2)28-25(32)17(3)29(14-19-20(26)9-8-10-21(19)27)24(31)15-30(37(6,33)34)22-12-11-18(35-4)13-23(22)36-5/h8-13,16-17H,7,14-15H2,1-6H3,(H,28,32)/t16-,17-/m0/s1. The van der Waals surface area contributed by atoms with Crippen molar-refractivity contribution in [3.05, 3.63) is 52.0 Å². The van der Waals surface area contributed by atoms with E-state index in [1.807, 2.05) is 13.8 Å². The van der Waals surface area contributed by atoms with Gasteiger partial charge in [-0.2, -0.15) is 0 Å². The van der Waals surface area contributed by atoms with Crippen LogP contribution < -0.4 is 19.1 Å². The lowest BCUT2D eigenvalue weighted by Crippen LogP contribution is -2.52. The molecule has 1 N–H and O–H groups in total. The molecule has 0 heterocycles. The van der Waals surface area contributed by atoms with Crippen LogP contribution in [0.5, 0.6) is 11.5 Å². The van der Waals surface area contributed by atoms with Crippen molar-refractivity contribution in [1.82, 2.24) is 10.2 Å². The summed E-state index contributed by atoms with van der Waals surface area (Å²) in [5, 5.41) is 3.49. The molecule has 0 saturated heterocycles. The molecule has 0 radical (unpaired) electrons. The molecule has 0 aliphatic rings. The highest BCUT2D eigenvalue weighted by atomic mass is 35.5. The topological polar surface area (TPSA) is 105 Å². The zero-order valence-corrected chi connectivity index (χ0v) is 24.1. The van der Waals surface area contributed by atoms with Gasteiger partial charge in [0, 0.05) is 34.3 Å². The molecular weight excluding hydrogens is 541 g/mol. The first-order valence-electron chi connectivity index (χ1n) is 11.6. The molecule has 2 aromatic carbocycles. The van der Waals surface area contributed by atoms with Gasteiger partial charge in [-0.1, -0.05) is 36.2 Å². The molecular formula is C25H33Cl2N3O6S. The average Bonchev–Trinajstić information content (AvgIpc) is 2.85. The highest BCUT2D eigenvalue weighted by Gasteiger charge is 2.32. The maximum atomic E-state index is 13.7. The molecule has 0 saturated carbocycles. The van der Waals surface area contributed by atoms with Gasteiger partial charge in [0.1, 0.15) is 24.1 Å². The number of anilines is 1. The normalized spacial score (nSPS) is 12.9. The summed E-state index contributed by atoms with van der Waals surface area (Å²) >= 11 is 12.7. The van der Waals surface area contributed by atoms with Crippen LogP contribution in [0.25, 0.3) is 0 Å². The number of sulfonamides is 1. The summed E-state index contributed by atoms with van der Waals surface area (Å²) in [6.45, 7) is 4.64. The molecule has 0 unspecified atom stereocenters. The SMILES string of the molecule is CC[C@H](C)NC(=O)[C@H](C)N(Cc1c(Cl)cccc1Cl)C(=O)CN(c1ccc(OC)cc1OC)S(C)(=O)=O. The third-order valence-corrected chi connectivity index (χ3v) is 7.73. The quantitative estimate of drug-likeness (QED) is 0.409. The summed E-state index contributed by atoms with van der Waals surface area (Å²) in [5.74, 6) is -0.378. The Kier molecular flexibility index (Phi) is 10.9. The van der Waals surface area contributed by atoms with Crippen LogP contribution in [0, 0.1) is 0 Å². The molecule has 2 atom stereocenters. The van der Waals surface area contributed by atoms with E-state index in [4.69, 9.17) is 32.7 Å². The summed E-state index contributed by atoms with van der Waals surface area (Å²) in [6.07, 6.45) is 1.68. The van der Waals surface area contributed by atoms with Crippen LogP contribution in [0.1, 0.15) is 32.8 Å². The van der Waals surface area contributed by atoms with E-state index in [0.29, 0.717) is 27.8 Å². The van der Waals surface area contributed by atoms with Crippen molar-refractivity contribution in [1.29, 1.82) is 0 Å². The van der Waals surface area contributed by atoms with Gasteiger partial charge in [0.05, 0.1) is 26.2 Å². The minimum atomic E-state index is -3.94. The zero-order valence-electron chi connectivity index (χ0n) is 21.7. The highest BCUT2D eigenvalue weighted by molar-refractivity contribution is 7.92. The van der Waals surface area contributed by atoms with Gasteiger partial charge in [-0.15, -0.1) is 0 Å². The van der Waals surface area contributed by atoms with Crippen LogP contribution in [0.3, 0.4) is 0 Å². The molecule has 2 amide bonds. The number of amides is 2. The van der Waals surface area contributed by atoms with E-state index in [1.54, 1.807) is 31.2 Å². The van der Waals surface area contributed by atoms with Crippen LogP contribution >= 0.6 is 23.2 Å². The smallest absolute Gasteiger partial charge is 0.244 e. The minimum absolute atomic E-state index is 0.107. The third-order valence-electron chi connectivity index (χ3n) is 5.89. The fourth-order valence-corrected chi connectivity index (χ4v) is 4.86. The lowest BCUT2D eigenvalue weighted by molar-refractivity contribution is -0.139. The lowest BCUT2D eigenvalue weighted by atomic mass is 10.1. The number of nitrogens with one attached hydrogen (secondary N) is 1. The van der Waals surface area contributed by atoms with Crippen molar-refractivity contribution < 1.29 is 27.5 Å². The minimum Gasteiger partial charge on any atom is -0.497 e. The number of ether oxygens (including phenoxy) is 2. The third kappa shape index (κ3) is 7.90. The van der Waals surface area contributed by atoms with Gasteiger partial charge < -0.3 is 19.7 Å². The average molecular weight is 575 g/mol. The molecule has 0 bridgehead atoms. The van der Waals surface area contributed by atoms with E-state index in [2.05, 4.69) is 5.32 Å². The number of carbonyl (C=O) groups excluding carboxylic acids is 2. The van der Waals surface area contributed by atoms with Crippen LogP contribution in [-0.2, 0) is 26.2 Å². The summed E-state index contributed by atoms with van der Waals surface area (Å²) in [7, 11) is -1.09. The van der Waals surface area contributed by atoms with Crippen LogP contribution in [0.2, 0.25) is 10.0 Å². The molecule has 204 valence electrons. The number of nitrogens with zero attached hydrogens (tertiary/aromatic N) is 2. The molecule has 0 aromatic heterocycles. The molecule has 0 aliphatic carbocycles. The monoisotopic (exact) mass is 573 g/mol. The van der Waals surface area contributed by atoms with Crippen LogP contribution in [0.15, 0.2) is 36.4 Å². The van der Waals surface area contributed by atoms with Crippen molar-refractivity contribution in [2.45, 2.75) is 45.8 Å². The molecule has 12 heteroatoms. The Bertz CT molecular complexity index is 1200. The number of benzene rings is 2. The second-order valence-corrected chi connectivity index (χ2v) is 11.2. The molecule has 2 aromatic rings. The number of methoxy groups -OCH3 is 2. The predicted molar refractivity (Wildman–Crippen MR) is 146 cm³/mol. The Balaban J connectivity index is 2.52. The Labute approximate surface area is 228 Å². The van der Waals surface area contributed by atoms with Gasteiger partial charge in [0.15, 0.2) is 0 Å². The van der Waals surface area contributed by atoms with Crippen LogP contribution in [-0.4, -0.2) is 64.2 Å². The molecule has 0 aliphatic heterocycles. The van der Waals surface area contributed by atoms with Crippen molar-refractivity contribution in [3.8, 4) is 11.5 Å². The highest BCUT2D eigenvalue weighted by Crippen LogP contribution is 2.34. The van der Waals surface area contributed by atoms with E-state index >= 15 is 0 Å². The van der Waals surface area contributed by atoms with Crippen molar-refractivity contribution in [2.24, 2.45) is 0 Å². The van der Waals surface area contributed by atoms with E-state index in [0.717, 1.165) is 10.6 Å². The van der Waals surface area contributed by atoms with Crippen molar-refractivity contribution in [3.63, 3.8) is 0 Å². The zero-order chi connectivity index (χ0) is 27.9. The second kappa shape index (κ2) is 13.2. The van der Waals surface area contributed by atoms with Gasteiger partial charge in [-0.3, -0.25) is 13.9 Å². The number of carbonyl (C=O) groups is 2. The van der Waals surface area contributed by atoms with Gasteiger partial charge >= 0.3 is 0 Å². The first kappa shape index (κ1) is 30.5. The Morgan fingerprint density at radius 2 is 1.68 bits per heavy atom. The largest absolute Gasteiger partial charge is 0.497 e. The molecule has 0 spiro atoms. The second-order valence-electron chi connectivity index (χ2n) is 8.52. The van der Waals surface area contributed by atoms with Gasteiger partial charge in [0.2, 0.25) is 21.8 Å². The molecule has 2 rings (SSSR count). The summed E-state index contributed by atoms with van der Waals surface area (Å²) in [4.78, 5) is 28.0. The van der Waals surface area contributed by atoms with Crippen LogP contribution in [0.4, 0.5) is 5.69 Å². The first-order chi connectivity index (χ1) is 17.3. The Hall–Kier alpha value is -2.69. The maximum Gasteiger partial charge on any atom is 0.244 e. The Morgan fingerprint density at radius 3 is 2.19 bits per heavy atom. The number of halogens is 2. The molecule has 0 fully saturated rings. The van der Waals surface area contributed by atoms with E-state index < -0.39 is 28.5 Å². The number of rotatable bonds is 12. The fraction of sp³-hybridized carbons (Fsp3) is 0.440. The van der Waals surface area contributed by atoms with E-state index in [1.165, 1.54) is 31.3 Å². The van der Waals surface area contributed by atoms with Gasteiger partial charge in [-0.25, -0.2) is 8.42 Å². The summed E-state index contributed by atoms with van der Waals surface area (Å²) < 4.78 is 37.1. The summed E-state index contributed by atoms with van der Waals surface area (Å²) in [5.41, 5.74) is 0.585. The Morgan fingerprint density at radius 1 is 1.05 bits per heavy atom. The molecule has 9 nitrogen and oxygen atoms in total. The van der Waals surface area contributed by atoms with Crippen molar-refractivity contribution in [2.75, 3.05) is 31.3 Å². The predicted octanol–water partition coefficient (Wildman–Crippen LogP) is 4.11. The number of hydrogen-bond acceptors (Lipinski definition) is 6. The van der Waals surface area contributed by atoms with E-state index in [-0.39, 0.29) is 29.9 Å². The van der Waals surface area contributed by atoms with Gasteiger partial charge in [-0.05, 0) is 44.5 Å². The first-order valence-corrected chi connectivity index (χ1v) is 14.2. The fourth-order valence-electron chi connectivity index (χ4n) is 3.49. The number of hydrogen-bond donors (Lipinski definition) is 1. The maximum absolute atomic E-state index is 13.7. The van der Waals surface area contributed by atoms with Crippen molar-refractivity contribution >= 4 is 50.7 Å².